The predicted molar refractivity (Wildman–Crippen MR) is 102 cm³/mol. The van der Waals surface area contributed by atoms with E-state index >= 15 is 0 Å². The Labute approximate surface area is 166 Å². The van der Waals surface area contributed by atoms with Crippen LogP contribution in [-0.4, -0.2) is 33.0 Å². The lowest BCUT2D eigenvalue weighted by Crippen LogP contribution is -2.31. The van der Waals surface area contributed by atoms with E-state index in [9.17, 15) is 4.79 Å². The van der Waals surface area contributed by atoms with Crippen molar-refractivity contribution in [2.24, 2.45) is 0 Å². The van der Waals surface area contributed by atoms with Gasteiger partial charge in [0.2, 0.25) is 0 Å². The number of benzene rings is 1. The van der Waals surface area contributed by atoms with E-state index in [1.54, 1.807) is 31.6 Å². The molecular weight excluding hydrogens is 382 g/mol. The third kappa shape index (κ3) is 4.99. The van der Waals surface area contributed by atoms with Crippen LogP contribution in [0.1, 0.15) is 33.5 Å². The maximum atomic E-state index is 12.5. The van der Waals surface area contributed by atoms with Crippen LogP contribution in [0.2, 0.25) is 5.02 Å². The number of ether oxygens (including phenoxy) is 2. The van der Waals surface area contributed by atoms with Gasteiger partial charge in [-0.25, -0.2) is 9.97 Å². The lowest BCUT2D eigenvalue weighted by atomic mass is 10.2. The van der Waals surface area contributed by atoms with E-state index in [0.29, 0.717) is 22.0 Å². The van der Waals surface area contributed by atoms with E-state index in [-0.39, 0.29) is 12.5 Å². The number of hydrogen-bond acceptors (Lipinski definition) is 7. The maximum Gasteiger partial charge on any atom is 0.256 e. The average molecular weight is 400 g/mol. The minimum absolute atomic E-state index is 0.190. The summed E-state index contributed by atoms with van der Waals surface area (Å²) >= 11 is 6.16. The highest BCUT2D eigenvalue weighted by molar-refractivity contribution is 6.32. The third-order valence-electron chi connectivity index (χ3n) is 3.79. The van der Waals surface area contributed by atoms with Crippen molar-refractivity contribution in [3.05, 3.63) is 76.9 Å². The molecule has 3 aromatic rings. The zero-order chi connectivity index (χ0) is 19.9. The molecule has 0 saturated carbocycles. The second-order valence-corrected chi connectivity index (χ2v) is 6.25. The number of halogens is 1. The Kier molecular flexibility index (Phi) is 6.46. The first-order valence-corrected chi connectivity index (χ1v) is 8.73. The van der Waals surface area contributed by atoms with Gasteiger partial charge in [0.1, 0.15) is 17.8 Å². The van der Waals surface area contributed by atoms with Crippen LogP contribution in [-0.2, 0) is 11.3 Å². The largest absolute Gasteiger partial charge is 0.495 e. The molecule has 2 heterocycles. The highest BCUT2D eigenvalue weighted by Crippen LogP contribution is 2.26. The predicted octanol–water partition coefficient (Wildman–Crippen LogP) is 2.88. The van der Waals surface area contributed by atoms with E-state index in [0.717, 1.165) is 11.3 Å². The molecule has 0 aliphatic carbocycles. The van der Waals surface area contributed by atoms with E-state index in [1.807, 2.05) is 13.0 Å². The summed E-state index contributed by atoms with van der Waals surface area (Å²) in [4.78, 5) is 28.7. The fourth-order valence-corrected chi connectivity index (χ4v) is 2.62. The van der Waals surface area contributed by atoms with Gasteiger partial charge in [0.05, 0.1) is 36.2 Å². The Balaban J connectivity index is 1.77. The van der Waals surface area contributed by atoms with Gasteiger partial charge in [-0.15, -0.1) is 0 Å². The monoisotopic (exact) mass is 399 g/mol. The van der Waals surface area contributed by atoms with Crippen LogP contribution in [0, 0.1) is 6.92 Å². The molecule has 2 aromatic heterocycles. The molecule has 1 unspecified atom stereocenters. The topological polar surface area (TPSA) is 99.1 Å². The van der Waals surface area contributed by atoms with Crippen molar-refractivity contribution in [3.63, 3.8) is 0 Å². The fourth-order valence-electron chi connectivity index (χ4n) is 2.34. The van der Waals surface area contributed by atoms with Crippen molar-refractivity contribution < 1.29 is 14.3 Å². The number of carbonyl (C=O) groups excluding carboxylic acids is 1. The Hall–Kier alpha value is -3.10. The molecule has 1 N–H and O–H groups in total. The van der Waals surface area contributed by atoms with Gasteiger partial charge in [-0.2, -0.15) is 0 Å². The summed E-state index contributed by atoms with van der Waals surface area (Å²) in [6.07, 6.45) is 6.54. The van der Waals surface area contributed by atoms with Crippen molar-refractivity contribution in [3.8, 4) is 5.75 Å². The van der Waals surface area contributed by atoms with E-state index in [4.69, 9.17) is 21.1 Å². The molecule has 0 aliphatic rings. The molecule has 0 saturated heterocycles. The molecule has 0 aliphatic heterocycles. The normalized spacial score (nSPS) is 11.7. The SMILES string of the molecule is COc1ccc(COC(NC(=O)c2cncnc2)c2cnc(C)cn2)cc1Cl. The zero-order valence-corrected chi connectivity index (χ0v) is 16.1. The second kappa shape index (κ2) is 9.20. The van der Waals surface area contributed by atoms with Crippen LogP contribution in [0.25, 0.3) is 0 Å². The van der Waals surface area contributed by atoms with Crippen LogP contribution in [0.5, 0.6) is 5.75 Å². The van der Waals surface area contributed by atoms with Gasteiger partial charge in [0.25, 0.3) is 5.91 Å². The van der Waals surface area contributed by atoms with Crippen LogP contribution in [0.15, 0.2) is 49.3 Å². The standard InChI is InChI=1S/C19H18ClN5O3/c1-12-6-24-16(9-23-12)19(25-18(26)14-7-21-11-22-8-14)28-10-13-3-4-17(27-2)15(20)5-13/h3-9,11,19H,10H2,1-2H3,(H,25,26). The molecular formula is C19H18ClN5O3. The van der Waals surface area contributed by atoms with E-state index in [2.05, 4.69) is 25.3 Å². The van der Waals surface area contributed by atoms with Crippen molar-refractivity contribution >= 4 is 17.5 Å². The second-order valence-electron chi connectivity index (χ2n) is 5.84. The number of amides is 1. The van der Waals surface area contributed by atoms with Crippen LogP contribution < -0.4 is 10.1 Å². The number of hydrogen-bond donors (Lipinski definition) is 1. The lowest BCUT2D eigenvalue weighted by molar-refractivity contribution is 0.0135. The number of aromatic nitrogens is 4. The Morgan fingerprint density at radius 2 is 1.96 bits per heavy atom. The van der Waals surface area contributed by atoms with Crippen molar-refractivity contribution in [1.82, 2.24) is 25.3 Å². The van der Waals surface area contributed by atoms with Crippen LogP contribution in [0.3, 0.4) is 0 Å². The molecule has 9 heteroatoms. The summed E-state index contributed by atoms with van der Waals surface area (Å²) in [5, 5.41) is 3.25. The average Bonchev–Trinajstić information content (AvgIpc) is 2.72. The number of aryl methyl sites for hydroxylation is 1. The number of rotatable bonds is 7. The van der Waals surface area contributed by atoms with Gasteiger partial charge >= 0.3 is 0 Å². The van der Waals surface area contributed by atoms with Gasteiger partial charge in [0, 0.05) is 18.6 Å². The number of nitrogens with zero attached hydrogens (tertiary/aromatic N) is 4. The molecule has 8 nitrogen and oxygen atoms in total. The Morgan fingerprint density at radius 3 is 2.61 bits per heavy atom. The first kappa shape index (κ1) is 19.7. The van der Waals surface area contributed by atoms with Gasteiger partial charge in [-0.1, -0.05) is 17.7 Å². The third-order valence-corrected chi connectivity index (χ3v) is 4.08. The maximum absolute atomic E-state index is 12.5. The molecule has 1 amide bonds. The first-order valence-electron chi connectivity index (χ1n) is 8.35. The summed E-state index contributed by atoms with van der Waals surface area (Å²) in [6, 6.07) is 5.32. The quantitative estimate of drug-likeness (QED) is 0.610. The molecule has 144 valence electrons. The highest BCUT2D eigenvalue weighted by atomic mass is 35.5. The first-order chi connectivity index (χ1) is 13.6. The summed E-state index contributed by atoms with van der Waals surface area (Å²) < 4.78 is 11.0. The van der Waals surface area contributed by atoms with Crippen molar-refractivity contribution in [2.45, 2.75) is 19.8 Å². The molecule has 3 rings (SSSR count). The van der Waals surface area contributed by atoms with Gasteiger partial charge in [0.15, 0.2) is 6.23 Å². The number of methoxy groups -OCH3 is 1. The van der Waals surface area contributed by atoms with Gasteiger partial charge in [-0.05, 0) is 24.6 Å². The highest BCUT2D eigenvalue weighted by Gasteiger charge is 2.19. The van der Waals surface area contributed by atoms with Gasteiger partial charge in [-0.3, -0.25) is 14.8 Å². The molecule has 1 atom stereocenters. The smallest absolute Gasteiger partial charge is 0.256 e. The molecule has 0 fully saturated rings. The van der Waals surface area contributed by atoms with Crippen LogP contribution in [0.4, 0.5) is 0 Å². The minimum atomic E-state index is -0.818. The lowest BCUT2D eigenvalue weighted by Gasteiger charge is -2.19. The summed E-state index contributed by atoms with van der Waals surface area (Å²) in [5.74, 6) is 0.185. The van der Waals surface area contributed by atoms with Crippen molar-refractivity contribution in [1.29, 1.82) is 0 Å². The Bertz CT molecular complexity index is 938. The van der Waals surface area contributed by atoms with Crippen LogP contribution >= 0.6 is 11.6 Å². The van der Waals surface area contributed by atoms with Gasteiger partial charge < -0.3 is 14.8 Å². The fraction of sp³-hybridized carbons (Fsp3) is 0.211. The number of carbonyl (C=O) groups is 1. The number of nitrogens with one attached hydrogen (secondary N) is 1. The Morgan fingerprint density at radius 1 is 1.18 bits per heavy atom. The summed E-state index contributed by atoms with van der Waals surface area (Å²) in [6.45, 7) is 2.02. The summed E-state index contributed by atoms with van der Waals surface area (Å²) in [7, 11) is 1.55. The zero-order valence-electron chi connectivity index (χ0n) is 15.3. The van der Waals surface area contributed by atoms with Crippen molar-refractivity contribution in [2.75, 3.05) is 7.11 Å². The van der Waals surface area contributed by atoms with E-state index < -0.39 is 6.23 Å². The minimum Gasteiger partial charge on any atom is -0.495 e. The molecule has 1 aromatic carbocycles. The molecule has 0 radical (unpaired) electrons. The van der Waals surface area contributed by atoms with E-state index in [1.165, 1.54) is 18.7 Å². The molecule has 28 heavy (non-hydrogen) atoms. The molecule has 0 spiro atoms. The molecule has 0 bridgehead atoms. The summed E-state index contributed by atoms with van der Waals surface area (Å²) in [5.41, 5.74) is 2.35.